The first-order valence-corrected chi connectivity index (χ1v) is 30.9. The van der Waals surface area contributed by atoms with E-state index < -0.39 is 14.0 Å². The number of carbonyl (C=O) groups is 5. The van der Waals surface area contributed by atoms with Crippen LogP contribution in [-0.2, 0) is 23.8 Å². The summed E-state index contributed by atoms with van der Waals surface area (Å²) in [7, 11) is -2.41. The van der Waals surface area contributed by atoms with Gasteiger partial charge in [0, 0.05) is 86.0 Å². The lowest BCUT2D eigenvalue weighted by Crippen LogP contribution is -2.52. The van der Waals surface area contributed by atoms with Gasteiger partial charge in [0.25, 0.3) is 5.91 Å². The fourth-order valence-corrected chi connectivity index (χ4v) is 15.3. The van der Waals surface area contributed by atoms with Crippen LogP contribution >= 0.6 is 23.4 Å². The van der Waals surface area contributed by atoms with Crippen LogP contribution in [0.25, 0.3) is 5.57 Å². The Balaban J connectivity index is 0.846. The van der Waals surface area contributed by atoms with Gasteiger partial charge < -0.3 is 50.8 Å². The summed E-state index contributed by atoms with van der Waals surface area (Å²) < 4.78 is 19.3. The largest absolute Gasteiger partial charge is 0.478 e. The summed E-state index contributed by atoms with van der Waals surface area (Å²) in [6, 6.07) is 11.7. The van der Waals surface area contributed by atoms with Gasteiger partial charge in [-0.1, -0.05) is 38.4 Å². The highest BCUT2D eigenvalue weighted by molar-refractivity contribution is 8.00. The van der Waals surface area contributed by atoms with Crippen molar-refractivity contribution >= 4 is 83.3 Å². The number of carboxylic acids is 1. The number of amides is 5. The minimum atomic E-state index is -2.41. The van der Waals surface area contributed by atoms with E-state index in [0.29, 0.717) is 101 Å². The Bertz CT molecular complexity index is 2490. The lowest BCUT2D eigenvalue weighted by molar-refractivity contribution is -0.596. The van der Waals surface area contributed by atoms with Gasteiger partial charge in [0.15, 0.2) is 24.7 Å². The Morgan fingerprint density at radius 1 is 0.836 bits per heavy atom. The summed E-state index contributed by atoms with van der Waals surface area (Å²) in [4.78, 5) is 66.2. The quantitative estimate of drug-likeness (QED) is 0.0221. The number of halogens is 1. The van der Waals surface area contributed by atoms with E-state index in [1.807, 2.05) is 11.8 Å². The normalized spacial score (nSPS) is 21.3. The number of carboxylic acid groups (broad SMARTS) is 1. The summed E-state index contributed by atoms with van der Waals surface area (Å²) >= 11 is 7.63. The van der Waals surface area contributed by atoms with E-state index >= 15 is 0 Å². The molecule has 2 aromatic carbocycles. The molecule has 0 bridgehead atoms. The van der Waals surface area contributed by atoms with Crippen molar-refractivity contribution in [2.24, 2.45) is 5.92 Å². The van der Waals surface area contributed by atoms with Gasteiger partial charge >= 0.3 is 12.0 Å². The molecule has 4 saturated heterocycles. The Hall–Kier alpha value is -4.98. The molecule has 19 heteroatoms. The highest BCUT2D eigenvalue weighted by atomic mass is 35.5. The zero-order valence-electron chi connectivity index (χ0n) is 42.4. The van der Waals surface area contributed by atoms with Gasteiger partial charge in [-0.05, 0) is 101 Å². The predicted molar refractivity (Wildman–Crippen MR) is 289 cm³/mol. The van der Waals surface area contributed by atoms with E-state index in [2.05, 4.69) is 85.6 Å². The average Bonchev–Trinajstić information content (AvgIpc) is 3.90. The molecule has 8 rings (SSSR count). The van der Waals surface area contributed by atoms with Crippen molar-refractivity contribution in [1.82, 2.24) is 26.6 Å². The number of alkyl halides is 1. The Morgan fingerprint density at radius 3 is 2.33 bits per heavy atom. The summed E-state index contributed by atoms with van der Waals surface area (Å²) in [6.07, 6.45) is 14.9. The van der Waals surface area contributed by atoms with Crippen LogP contribution in [0.1, 0.15) is 89.6 Å². The van der Waals surface area contributed by atoms with Crippen LogP contribution in [0.5, 0.6) is 0 Å². The number of nitrogens with zero attached hydrogens (tertiary/aromatic N) is 2. The molecule has 5 amide bonds. The molecule has 0 saturated carbocycles. The third kappa shape index (κ3) is 13.7. The van der Waals surface area contributed by atoms with E-state index in [4.69, 9.17) is 25.8 Å². The maximum absolute atomic E-state index is 13.6. The van der Waals surface area contributed by atoms with E-state index in [1.54, 1.807) is 12.1 Å². The summed E-state index contributed by atoms with van der Waals surface area (Å²) in [5.74, 6) is 0.0326. The molecule has 1 aliphatic carbocycles. The Labute approximate surface area is 439 Å². The van der Waals surface area contributed by atoms with Crippen molar-refractivity contribution in [3.05, 3.63) is 87.6 Å². The van der Waals surface area contributed by atoms with Gasteiger partial charge in [-0.3, -0.25) is 14.4 Å². The molecule has 0 aromatic heterocycles. The molecular weight excluding hydrogens is 986 g/mol. The molecule has 5 aliphatic heterocycles. The maximum Gasteiger partial charge on any atom is 0.336 e. The molecule has 394 valence electrons. The number of carbonyl (C=O) groups excluding carboxylic acids is 4. The topological polar surface area (TPSA) is 200 Å². The molecule has 4 fully saturated rings. The van der Waals surface area contributed by atoms with Gasteiger partial charge in [-0.25, -0.2) is 14.2 Å². The van der Waals surface area contributed by atoms with E-state index in [9.17, 15) is 29.1 Å². The van der Waals surface area contributed by atoms with Gasteiger partial charge in [-0.15, -0.1) is 11.6 Å². The fourth-order valence-electron chi connectivity index (χ4n) is 10.4. The zero-order chi connectivity index (χ0) is 51.3. The third-order valence-corrected chi connectivity index (χ3v) is 20.1. The SMILES string of the molecule is C[Si]1(C)C2=CC(=[N+]3CC(C(=O)NCCOCCNC(=O)CCCC[C@@H]4SC[C@@H]5NC(=O)N[C@@H]54)C3)C=CC2=C(c2cc(C(=O)NCCOCCOCCCCCCCl)ccc2C(=O)O)c2ccc(N3CCC3)cc21. The lowest BCUT2D eigenvalue weighted by atomic mass is 9.86. The molecule has 16 nitrogen and oxygen atoms in total. The minimum absolute atomic E-state index is 0.00110. The summed E-state index contributed by atoms with van der Waals surface area (Å²) in [5.41, 5.74) is 5.87. The van der Waals surface area contributed by atoms with Crippen molar-refractivity contribution in [3.8, 4) is 0 Å². The standard InChI is InChI=1S/C54H72ClN7O9SSi/c1-73(2)46-31-38(61-22-9-23-61)13-16-41(46)49(43-30-36(12-15-40(43)53(66)67)51(64)57-21-27-71-29-28-69-24-8-4-3-7-18-55)42-17-14-39(32-47(42)73)62-33-37(34-62)52(65)58-20-26-70-25-19-56-48(63)11-6-5-10-45-50-44(35-72-45)59-54(68)60-50/h12-17,30-32,37,44-45,50H,3-11,18-29,33-35H2,1-2H3,(H5-,56,57,58,59,60,63,64,65,66,67,68)/p+1/t44-,45-,50-/m0/s1. The second-order valence-corrected chi connectivity index (χ2v) is 26.2. The van der Waals surface area contributed by atoms with Crippen LogP contribution in [0.4, 0.5) is 10.5 Å². The third-order valence-electron chi connectivity index (χ3n) is 14.8. The number of urea groups is 1. The first-order valence-electron chi connectivity index (χ1n) is 26.3. The van der Waals surface area contributed by atoms with E-state index in [1.165, 1.54) is 16.4 Å². The lowest BCUT2D eigenvalue weighted by Gasteiger charge is -2.40. The number of ether oxygens (including phenoxy) is 3. The second kappa shape index (κ2) is 26.0. The van der Waals surface area contributed by atoms with Gasteiger partial charge in [0.2, 0.25) is 11.8 Å². The molecule has 0 unspecified atom stereocenters. The molecule has 5 heterocycles. The zero-order valence-corrected chi connectivity index (χ0v) is 44.9. The first kappa shape index (κ1) is 54.3. The molecule has 3 atom stereocenters. The fraction of sp³-hybridized carbons (Fsp3) is 0.556. The summed E-state index contributed by atoms with van der Waals surface area (Å²) in [5, 5.41) is 28.3. The number of fused-ring (bicyclic) bond motifs is 3. The second-order valence-electron chi connectivity index (χ2n) is 20.2. The monoisotopic (exact) mass is 1060 g/mol. The van der Waals surface area contributed by atoms with Crippen LogP contribution < -0.4 is 36.7 Å². The number of anilines is 1. The molecule has 2 aromatic rings. The van der Waals surface area contributed by atoms with Crippen LogP contribution in [0.2, 0.25) is 13.1 Å². The molecule has 6 aliphatic rings. The highest BCUT2D eigenvalue weighted by Crippen LogP contribution is 2.43. The number of thioether (sulfide) groups is 1. The first-order chi connectivity index (χ1) is 35.4. The van der Waals surface area contributed by atoms with Crippen molar-refractivity contribution < 1.29 is 47.9 Å². The number of hydrogen-bond acceptors (Lipinski definition) is 10. The van der Waals surface area contributed by atoms with Crippen LogP contribution in [0, 0.1) is 5.92 Å². The molecule has 73 heavy (non-hydrogen) atoms. The van der Waals surface area contributed by atoms with Crippen LogP contribution in [0.15, 0.2) is 65.4 Å². The number of allylic oxidation sites excluding steroid dienone is 5. The predicted octanol–water partition coefficient (Wildman–Crippen LogP) is 4.98. The van der Waals surface area contributed by atoms with Crippen LogP contribution in [0.3, 0.4) is 0 Å². The molecule has 0 spiro atoms. The molecular formula is C54H73ClN7O9SSi+. The number of benzene rings is 2. The van der Waals surface area contributed by atoms with Gasteiger partial charge in [0.1, 0.15) is 8.07 Å². The van der Waals surface area contributed by atoms with Crippen molar-refractivity contribution in [3.63, 3.8) is 0 Å². The number of rotatable bonds is 28. The minimum Gasteiger partial charge on any atom is -0.478 e. The number of aromatic carboxylic acids is 1. The van der Waals surface area contributed by atoms with Gasteiger partial charge in [-0.2, -0.15) is 11.8 Å². The maximum atomic E-state index is 13.6. The highest BCUT2D eigenvalue weighted by Gasteiger charge is 2.45. The van der Waals surface area contributed by atoms with Crippen LogP contribution in [-0.4, -0.2) is 168 Å². The Morgan fingerprint density at radius 2 is 1.58 bits per heavy atom. The van der Waals surface area contributed by atoms with E-state index in [0.717, 1.165) is 98.3 Å². The molecule has 6 N–H and O–H groups in total. The number of nitrogens with one attached hydrogen (secondary N) is 5. The number of hydrogen-bond donors (Lipinski definition) is 6. The average molecular weight is 1060 g/mol. The summed E-state index contributed by atoms with van der Waals surface area (Å²) in [6.45, 7) is 11.5. The Kier molecular flexibility index (Phi) is 19.3. The van der Waals surface area contributed by atoms with Crippen molar-refractivity contribution in [2.45, 2.75) is 88.2 Å². The van der Waals surface area contributed by atoms with E-state index in [-0.39, 0.29) is 47.3 Å². The smallest absolute Gasteiger partial charge is 0.336 e. The van der Waals surface area contributed by atoms with Crippen molar-refractivity contribution in [1.29, 1.82) is 0 Å². The molecule has 0 radical (unpaired) electrons. The van der Waals surface area contributed by atoms with Gasteiger partial charge in [0.05, 0.1) is 50.7 Å². The van der Waals surface area contributed by atoms with Crippen molar-refractivity contribution in [2.75, 3.05) is 102 Å². The number of unbranched alkanes of at least 4 members (excludes halogenated alkanes) is 4.